The first-order valence-corrected chi connectivity index (χ1v) is 10.0. The maximum absolute atomic E-state index is 13.3. The molecule has 144 valence electrons. The summed E-state index contributed by atoms with van der Waals surface area (Å²) in [5.74, 6) is -1.62. The lowest BCUT2D eigenvalue weighted by Gasteiger charge is -2.27. The molecule has 1 aromatic carbocycles. The van der Waals surface area contributed by atoms with Gasteiger partial charge >= 0.3 is 0 Å². The first-order chi connectivity index (χ1) is 12.8. The number of para-hydroxylation sites is 1. The Bertz CT molecular complexity index is 840. The van der Waals surface area contributed by atoms with Crippen LogP contribution in [-0.4, -0.2) is 35.2 Å². The number of nitrogens with two attached hydrogens (primary N) is 1. The van der Waals surface area contributed by atoms with Gasteiger partial charge in [0.25, 0.3) is 5.91 Å². The van der Waals surface area contributed by atoms with Gasteiger partial charge < -0.3 is 10.6 Å². The molecular formula is C20H25ClN3O3+. The lowest BCUT2D eigenvalue weighted by Crippen LogP contribution is -2.99. The number of fused-ring (bicyclic) bond motifs is 4. The topological polar surface area (TPSA) is 83.1 Å². The molecule has 0 aromatic heterocycles. The molecule has 4 atom stereocenters. The van der Waals surface area contributed by atoms with E-state index in [1.807, 2.05) is 32.2 Å². The summed E-state index contributed by atoms with van der Waals surface area (Å²) in [6.45, 7) is 6.53. The minimum Gasteiger partial charge on any atom is -0.326 e. The third-order valence-electron chi connectivity index (χ3n) is 6.38. The lowest BCUT2D eigenvalue weighted by molar-refractivity contribution is -0.738. The van der Waals surface area contributed by atoms with Crippen molar-refractivity contribution in [1.29, 1.82) is 0 Å². The maximum Gasteiger partial charge on any atom is 0.291 e. The Morgan fingerprint density at radius 3 is 2.67 bits per heavy atom. The van der Waals surface area contributed by atoms with E-state index in [9.17, 15) is 14.4 Å². The predicted molar refractivity (Wildman–Crippen MR) is 101 cm³/mol. The smallest absolute Gasteiger partial charge is 0.291 e. The number of carbonyl (C=O) groups excluding carboxylic acids is 3. The highest BCUT2D eigenvalue weighted by molar-refractivity contribution is 6.35. The van der Waals surface area contributed by atoms with E-state index in [0.29, 0.717) is 17.3 Å². The number of likely N-dealkylation sites (tertiary alicyclic amines) is 1. The van der Waals surface area contributed by atoms with E-state index in [1.54, 1.807) is 12.1 Å². The molecule has 0 radical (unpaired) electrons. The highest BCUT2D eigenvalue weighted by Crippen LogP contribution is 2.51. The van der Waals surface area contributed by atoms with Gasteiger partial charge in [0.1, 0.15) is 17.9 Å². The van der Waals surface area contributed by atoms with Crippen LogP contribution in [0.4, 0.5) is 5.69 Å². The van der Waals surface area contributed by atoms with Crippen LogP contribution < -0.4 is 10.6 Å². The highest BCUT2D eigenvalue weighted by atomic mass is 35.5. The van der Waals surface area contributed by atoms with Crippen LogP contribution in [0.25, 0.3) is 0 Å². The summed E-state index contributed by atoms with van der Waals surface area (Å²) >= 11 is 6.31. The Hall–Kier alpha value is -1.92. The molecule has 27 heavy (non-hydrogen) atoms. The van der Waals surface area contributed by atoms with E-state index in [2.05, 4.69) is 5.32 Å². The van der Waals surface area contributed by atoms with Gasteiger partial charge in [-0.15, -0.1) is 0 Å². The van der Waals surface area contributed by atoms with Crippen LogP contribution in [-0.2, 0) is 19.9 Å². The standard InChI is InChI=1S/C20H24ClN3O3/c1-4-5-9-24-17(25)13-14(18(24)26)20(23-15(13)10(2)3)11-7-6-8-12(21)16(11)22-19(20)27/h6-8,10,13-15,23H,4-5,9H2,1-3H3,(H,22,27)/p+1/t13-,14-,15-,20+/m0/s1. The number of benzene rings is 1. The van der Waals surface area contributed by atoms with Crippen LogP contribution in [0.5, 0.6) is 0 Å². The summed E-state index contributed by atoms with van der Waals surface area (Å²) in [5, 5.41) is 5.29. The Balaban J connectivity index is 1.87. The van der Waals surface area contributed by atoms with Crippen molar-refractivity contribution in [2.75, 3.05) is 11.9 Å². The summed E-state index contributed by atoms with van der Waals surface area (Å²) in [6, 6.07) is 5.24. The van der Waals surface area contributed by atoms with Gasteiger partial charge in [0.05, 0.1) is 10.7 Å². The Kier molecular flexibility index (Phi) is 4.31. The number of nitrogens with one attached hydrogen (secondary N) is 1. The summed E-state index contributed by atoms with van der Waals surface area (Å²) in [6.07, 6.45) is 1.67. The first-order valence-electron chi connectivity index (χ1n) is 9.66. The van der Waals surface area contributed by atoms with Crippen LogP contribution in [0.3, 0.4) is 0 Å². The summed E-state index contributed by atoms with van der Waals surface area (Å²) in [5.41, 5.74) is 0.167. The van der Waals surface area contributed by atoms with Crippen molar-refractivity contribution in [3.8, 4) is 0 Å². The molecule has 4 rings (SSSR count). The molecular weight excluding hydrogens is 366 g/mol. The molecule has 2 saturated heterocycles. The van der Waals surface area contributed by atoms with Crippen molar-refractivity contribution < 1.29 is 19.7 Å². The number of amides is 3. The summed E-state index contributed by atoms with van der Waals surface area (Å²) in [4.78, 5) is 41.1. The largest absolute Gasteiger partial charge is 0.326 e. The SMILES string of the molecule is CCCCN1C(=O)[C@H]2[C@@H](C1=O)[C@@]1([NH2+][C@H]2C(C)C)C(=O)Nc2c(Cl)cccc21. The van der Waals surface area contributed by atoms with E-state index >= 15 is 0 Å². The average Bonchev–Trinajstić information content (AvgIpc) is 3.21. The van der Waals surface area contributed by atoms with Crippen molar-refractivity contribution in [2.24, 2.45) is 17.8 Å². The van der Waals surface area contributed by atoms with Crippen LogP contribution in [0, 0.1) is 17.8 Å². The van der Waals surface area contributed by atoms with Gasteiger partial charge in [0.15, 0.2) is 0 Å². The van der Waals surface area contributed by atoms with Gasteiger partial charge in [-0.25, -0.2) is 0 Å². The zero-order valence-corrected chi connectivity index (χ0v) is 16.5. The number of nitrogens with zero attached hydrogens (tertiary/aromatic N) is 1. The van der Waals surface area contributed by atoms with Crippen molar-refractivity contribution in [2.45, 2.75) is 45.2 Å². The molecule has 0 saturated carbocycles. The fourth-order valence-corrected chi connectivity index (χ4v) is 5.30. The Morgan fingerprint density at radius 1 is 1.26 bits per heavy atom. The van der Waals surface area contributed by atoms with Crippen molar-refractivity contribution in [3.63, 3.8) is 0 Å². The molecule has 7 heteroatoms. The summed E-state index contributed by atoms with van der Waals surface area (Å²) in [7, 11) is 0. The Morgan fingerprint density at radius 2 is 2.00 bits per heavy atom. The van der Waals surface area contributed by atoms with E-state index in [1.165, 1.54) is 4.90 Å². The molecule has 2 fully saturated rings. The molecule has 3 N–H and O–H groups in total. The maximum atomic E-state index is 13.3. The van der Waals surface area contributed by atoms with Crippen molar-refractivity contribution in [1.82, 2.24) is 4.90 Å². The first kappa shape index (κ1) is 18.4. The minimum absolute atomic E-state index is 0.131. The fourth-order valence-electron chi connectivity index (χ4n) is 5.08. The average molecular weight is 391 g/mol. The zero-order valence-electron chi connectivity index (χ0n) is 15.8. The van der Waals surface area contributed by atoms with Crippen LogP contribution in [0.2, 0.25) is 5.02 Å². The quantitative estimate of drug-likeness (QED) is 0.764. The van der Waals surface area contributed by atoms with Crippen LogP contribution >= 0.6 is 11.6 Å². The number of carbonyl (C=O) groups is 3. The number of halogens is 1. The van der Waals surface area contributed by atoms with Gasteiger partial charge in [0.2, 0.25) is 17.4 Å². The fraction of sp³-hybridized carbons (Fsp3) is 0.550. The third kappa shape index (κ3) is 2.32. The van der Waals surface area contributed by atoms with Crippen LogP contribution in [0.15, 0.2) is 18.2 Å². The molecule has 3 aliphatic rings. The minimum atomic E-state index is -1.12. The third-order valence-corrected chi connectivity index (χ3v) is 6.70. The molecule has 3 heterocycles. The van der Waals surface area contributed by atoms with Gasteiger partial charge in [-0.2, -0.15) is 0 Å². The number of unbranched alkanes of at least 4 members (excludes halogenated alkanes) is 1. The Labute approximate surface area is 163 Å². The monoisotopic (exact) mass is 390 g/mol. The van der Waals surface area contributed by atoms with Crippen molar-refractivity contribution in [3.05, 3.63) is 28.8 Å². The van der Waals surface area contributed by atoms with E-state index in [0.717, 1.165) is 18.4 Å². The van der Waals surface area contributed by atoms with Gasteiger partial charge in [0, 0.05) is 18.0 Å². The number of quaternary nitrogens is 1. The molecule has 3 amide bonds. The normalized spacial score (nSPS) is 31.8. The number of anilines is 1. The second-order valence-electron chi connectivity index (χ2n) is 8.16. The predicted octanol–water partition coefficient (Wildman–Crippen LogP) is 1.49. The molecule has 0 aliphatic carbocycles. The molecule has 0 unspecified atom stereocenters. The number of rotatable bonds is 4. The molecule has 1 spiro atoms. The van der Waals surface area contributed by atoms with Crippen LogP contribution in [0.1, 0.15) is 39.2 Å². The number of hydrogen-bond donors (Lipinski definition) is 2. The number of hydrogen-bond acceptors (Lipinski definition) is 3. The number of imide groups is 1. The summed E-state index contributed by atoms with van der Waals surface area (Å²) < 4.78 is 0. The highest BCUT2D eigenvalue weighted by Gasteiger charge is 2.74. The van der Waals surface area contributed by atoms with Gasteiger partial charge in [-0.3, -0.25) is 19.3 Å². The zero-order chi connectivity index (χ0) is 19.5. The van der Waals surface area contributed by atoms with Gasteiger partial charge in [-0.05, 0) is 18.6 Å². The molecule has 3 aliphatic heterocycles. The second kappa shape index (κ2) is 6.31. The van der Waals surface area contributed by atoms with E-state index in [4.69, 9.17) is 11.6 Å². The van der Waals surface area contributed by atoms with E-state index in [-0.39, 0.29) is 29.7 Å². The molecule has 6 nitrogen and oxygen atoms in total. The van der Waals surface area contributed by atoms with Crippen molar-refractivity contribution >= 4 is 35.0 Å². The molecule has 1 aromatic rings. The van der Waals surface area contributed by atoms with E-state index < -0.39 is 17.4 Å². The lowest BCUT2D eigenvalue weighted by atomic mass is 9.76. The molecule has 0 bridgehead atoms. The van der Waals surface area contributed by atoms with Gasteiger partial charge in [-0.1, -0.05) is 44.9 Å². The second-order valence-corrected chi connectivity index (χ2v) is 8.57.